The van der Waals surface area contributed by atoms with E-state index < -0.39 is 0 Å². The Morgan fingerprint density at radius 2 is 1.96 bits per heavy atom. The smallest absolute Gasteiger partial charge is 0.261 e. The van der Waals surface area contributed by atoms with Gasteiger partial charge in [-0.3, -0.25) is 4.79 Å². The molecule has 126 valence electrons. The third-order valence-corrected chi connectivity index (χ3v) is 5.66. The van der Waals surface area contributed by atoms with Crippen molar-refractivity contribution in [3.05, 3.63) is 23.3 Å². The van der Waals surface area contributed by atoms with E-state index in [0.29, 0.717) is 6.04 Å². The first-order chi connectivity index (χ1) is 11.1. The largest absolute Gasteiger partial charge is 0.350 e. The van der Waals surface area contributed by atoms with Crippen molar-refractivity contribution in [3.8, 4) is 0 Å². The molecule has 0 aromatic carbocycles. The molecule has 1 fully saturated rings. The number of carbonyl (C=O) groups is 1. The van der Waals surface area contributed by atoms with Gasteiger partial charge >= 0.3 is 0 Å². The summed E-state index contributed by atoms with van der Waals surface area (Å²) in [5.41, 5.74) is 0. The van der Waals surface area contributed by atoms with E-state index in [-0.39, 0.29) is 5.91 Å². The molecule has 3 heterocycles. The first-order valence-electron chi connectivity index (χ1n) is 8.75. The maximum Gasteiger partial charge on any atom is 0.261 e. The van der Waals surface area contributed by atoms with E-state index in [2.05, 4.69) is 41.0 Å². The number of hydrogen-bond donors (Lipinski definition) is 1. The lowest BCUT2D eigenvalue weighted by atomic mass is 10.2. The summed E-state index contributed by atoms with van der Waals surface area (Å²) in [4.78, 5) is 15.6. The summed E-state index contributed by atoms with van der Waals surface area (Å²) in [6, 6.07) is 2.47. The Morgan fingerprint density at radius 1 is 1.22 bits per heavy atom. The minimum atomic E-state index is 0.0668. The van der Waals surface area contributed by atoms with E-state index >= 15 is 0 Å². The molecule has 0 spiro atoms. The van der Waals surface area contributed by atoms with E-state index in [0.717, 1.165) is 18.0 Å². The van der Waals surface area contributed by atoms with Crippen LogP contribution in [0.4, 0.5) is 0 Å². The minimum absolute atomic E-state index is 0.0668. The minimum Gasteiger partial charge on any atom is -0.350 e. The summed E-state index contributed by atoms with van der Waals surface area (Å²) in [5, 5.41) is 4.25. The molecule has 2 aromatic rings. The quantitative estimate of drug-likeness (QED) is 0.901. The van der Waals surface area contributed by atoms with E-state index in [1.807, 2.05) is 6.07 Å². The number of nitrogens with zero attached hydrogens (tertiary/aromatic N) is 2. The fourth-order valence-corrected chi connectivity index (χ4v) is 4.13. The molecule has 0 saturated carbocycles. The summed E-state index contributed by atoms with van der Waals surface area (Å²) in [6.45, 7) is 8.40. The van der Waals surface area contributed by atoms with Crippen LogP contribution in [0, 0.1) is 0 Å². The van der Waals surface area contributed by atoms with Crippen LogP contribution in [0.5, 0.6) is 0 Å². The van der Waals surface area contributed by atoms with Crippen LogP contribution >= 0.6 is 11.3 Å². The van der Waals surface area contributed by atoms with Crippen molar-refractivity contribution < 1.29 is 4.79 Å². The molecular formula is C18H27N3OS. The van der Waals surface area contributed by atoms with Gasteiger partial charge in [-0.25, -0.2) is 0 Å². The second-order valence-corrected chi connectivity index (χ2v) is 7.82. The average molecular weight is 334 g/mol. The Hall–Kier alpha value is -1.33. The van der Waals surface area contributed by atoms with Crippen LogP contribution in [0.2, 0.25) is 0 Å². The number of likely N-dealkylation sites (tertiary alicyclic amines) is 1. The average Bonchev–Trinajstić information content (AvgIpc) is 2.98. The molecule has 23 heavy (non-hydrogen) atoms. The summed E-state index contributed by atoms with van der Waals surface area (Å²) in [5.74, 6) is 0.0668. The molecular weight excluding hydrogens is 306 g/mol. The molecule has 1 aliphatic rings. The van der Waals surface area contributed by atoms with Crippen LogP contribution in [0.15, 0.2) is 18.5 Å². The standard InChI is InChI=1S/C18H27N3OS/c1-14(2)21-12-15-11-16(23-17(15)13-21)18(22)19-7-10-20-8-5-3-4-6-9-20/h11-14H,3-10H2,1-2H3,(H,19,22). The molecule has 0 radical (unpaired) electrons. The van der Waals surface area contributed by atoms with Crippen molar-refractivity contribution in [1.82, 2.24) is 14.8 Å². The van der Waals surface area contributed by atoms with E-state index in [1.165, 1.54) is 48.9 Å². The number of nitrogens with one attached hydrogen (secondary N) is 1. The topological polar surface area (TPSA) is 37.3 Å². The second-order valence-electron chi connectivity index (χ2n) is 6.74. The summed E-state index contributed by atoms with van der Waals surface area (Å²) in [6.07, 6.45) is 9.56. The fraction of sp³-hybridized carbons (Fsp3) is 0.611. The van der Waals surface area contributed by atoms with Gasteiger partial charge in [0.2, 0.25) is 0 Å². The normalized spacial score (nSPS) is 16.8. The lowest BCUT2D eigenvalue weighted by Crippen LogP contribution is -2.35. The second kappa shape index (κ2) is 7.49. The lowest BCUT2D eigenvalue weighted by Gasteiger charge is -2.19. The van der Waals surface area contributed by atoms with Gasteiger partial charge in [-0.1, -0.05) is 12.8 Å². The Morgan fingerprint density at radius 3 is 2.61 bits per heavy atom. The SMILES string of the molecule is CC(C)n1cc2cc(C(=O)NCCN3CCCCCC3)sc2c1. The van der Waals surface area contributed by atoms with Crippen LogP contribution in [-0.4, -0.2) is 41.6 Å². The van der Waals surface area contributed by atoms with Crippen molar-refractivity contribution in [1.29, 1.82) is 0 Å². The van der Waals surface area contributed by atoms with Gasteiger partial charge in [-0.05, 0) is 45.8 Å². The van der Waals surface area contributed by atoms with Crippen LogP contribution < -0.4 is 5.32 Å². The van der Waals surface area contributed by atoms with Gasteiger partial charge in [0.1, 0.15) is 0 Å². The van der Waals surface area contributed by atoms with Gasteiger partial charge in [-0.15, -0.1) is 11.3 Å². The molecule has 0 bridgehead atoms. The fourth-order valence-electron chi connectivity index (χ4n) is 3.14. The van der Waals surface area contributed by atoms with E-state index in [9.17, 15) is 4.79 Å². The van der Waals surface area contributed by atoms with Gasteiger partial charge in [0.25, 0.3) is 5.91 Å². The van der Waals surface area contributed by atoms with Gasteiger partial charge in [0.05, 0.1) is 9.58 Å². The molecule has 3 rings (SSSR count). The van der Waals surface area contributed by atoms with Gasteiger partial charge < -0.3 is 14.8 Å². The van der Waals surface area contributed by atoms with Gasteiger partial charge in [-0.2, -0.15) is 0 Å². The molecule has 1 aliphatic heterocycles. The van der Waals surface area contributed by atoms with Gasteiger partial charge in [0.15, 0.2) is 0 Å². The molecule has 0 aliphatic carbocycles. The highest BCUT2D eigenvalue weighted by Crippen LogP contribution is 2.27. The first-order valence-corrected chi connectivity index (χ1v) is 9.57. The van der Waals surface area contributed by atoms with Crippen LogP contribution in [0.3, 0.4) is 0 Å². The number of thiophene rings is 1. The van der Waals surface area contributed by atoms with E-state index in [1.54, 1.807) is 11.3 Å². The molecule has 1 saturated heterocycles. The van der Waals surface area contributed by atoms with Crippen molar-refractivity contribution >= 4 is 27.3 Å². The monoisotopic (exact) mass is 333 g/mol. The Labute approximate surface area is 142 Å². The van der Waals surface area contributed by atoms with Crippen LogP contribution in [-0.2, 0) is 0 Å². The predicted octanol–water partition coefficient (Wildman–Crippen LogP) is 3.89. The number of carbonyl (C=O) groups excluding carboxylic acids is 1. The molecule has 2 aromatic heterocycles. The third kappa shape index (κ3) is 4.15. The van der Waals surface area contributed by atoms with Crippen LogP contribution in [0.25, 0.3) is 10.1 Å². The number of hydrogen-bond acceptors (Lipinski definition) is 3. The zero-order chi connectivity index (χ0) is 16.2. The molecule has 0 atom stereocenters. The lowest BCUT2D eigenvalue weighted by molar-refractivity contribution is 0.0952. The third-order valence-electron chi connectivity index (χ3n) is 4.58. The highest BCUT2D eigenvalue weighted by atomic mass is 32.1. The number of fused-ring (bicyclic) bond motifs is 1. The molecule has 1 N–H and O–H groups in total. The summed E-state index contributed by atoms with van der Waals surface area (Å²) in [7, 11) is 0. The maximum absolute atomic E-state index is 12.3. The van der Waals surface area contributed by atoms with Crippen molar-refractivity contribution in [2.75, 3.05) is 26.2 Å². The highest BCUT2D eigenvalue weighted by molar-refractivity contribution is 7.20. The van der Waals surface area contributed by atoms with Gasteiger partial charge in [0, 0.05) is 36.9 Å². The van der Waals surface area contributed by atoms with Crippen molar-refractivity contribution in [2.45, 2.75) is 45.6 Å². The number of rotatable bonds is 5. The Balaban J connectivity index is 1.52. The zero-order valence-electron chi connectivity index (χ0n) is 14.2. The van der Waals surface area contributed by atoms with Crippen LogP contribution in [0.1, 0.15) is 55.2 Å². The van der Waals surface area contributed by atoms with Crippen molar-refractivity contribution in [2.24, 2.45) is 0 Å². The summed E-state index contributed by atoms with van der Waals surface area (Å²) < 4.78 is 3.39. The Kier molecular flexibility index (Phi) is 5.38. The molecule has 1 amide bonds. The summed E-state index contributed by atoms with van der Waals surface area (Å²) >= 11 is 1.59. The molecule has 0 unspecified atom stereocenters. The maximum atomic E-state index is 12.3. The predicted molar refractivity (Wildman–Crippen MR) is 97.4 cm³/mol. The van der Waals surface area contributed by atoms with E-state index in [4.69, 9.17) is 0 Å². The number of amides is 1. The molecule has 5 heteroatoms. The van der Waals surface area contributed by atoms with Crippen molar-refractivity contribution in [3.63, 3.8) is 0 Å². The zero-order valence-corrected chi connectivity index (χ0v) is 15.0. The highest BCUT2D eigenvalue weighted by Gasteiger charge is 2.13. The Bertz CT molecular complexity index is 619. The molecule has 4 nitrogen and oxygen atoms in total. The number of aromatic nitrogens is 1. The first kappa shape index (κ1) is 16.5.